The zero-order valence-corrected chi connectivity index (χ0v) is 11.4. The third-order valence-corrected chi connectivity index (χ3v) is 3.25. The van der Waals surface area contributed by atoms with Crippen LogP contribution < -0.4 is 5.32 Å². The third-order valence-electron chi connectivity index (χ3n) is 3.25. The highest BCUT2D eigenvalue weighted by Crippen LogP contribution is 2.04. The van der Waals surface area contributed by atoms with Crippen LogP contribution in [0.4, 0.5) is 0 Å². The zero-order chi connectivity index (χ0) is 12.5. The topological polar surface area (TPSA) is 28.4 Å². The van der Waals surface area contributed by atoms with E-state index in [0.717, 1.165) is 31.9 Å². The van der Waals surface area contributed by atoms with Crippen molar-refractivity contribution in [3.8, 4) is 0 Å². The summed E-state index contributed by atoms with van der Waals surface area (Å²) in [4.78, 5) is 2.40. The van der Waals surface area contributed by atoms with Crippen molar-refractivity contribution in [2.75, 3.05) is 19.6 Å². The van der Waals surface area contributed by atoms with Gasteiger partial charge in [-0.25, -0.2) is 0 Å². The van der Waals surface area contributed by atoms with Crippen LogP contribution >= 0.6 is 0 Å². The summed E-state index contributed by atoms with van der Waals surface area (Å²) >= 11 is 0. The normalized spacial score (nSPS) is 11.6. The first-order valence-electron chi connectivity index (χ1n) is 6.78. The Morgan fingerprint density at radius 1 is 1.29 bits per heavy atom. The Kier molecular flexibility index (Phi) is 6.97. The summed E-state index contributed by atoms with van der Waals surface area (Å²) in [5.74, 6) is 1.05. The fourth-order valence-electron chi connectivity index (χ4n) is 1.98. The minimum Gasteiger partial charge on any atom is -0.468 e. The van der Waals surface area contributed by atoms with Gasteiger partial charge in [-0.15, -0.1) is 0 Å². The number of rotatable bonds is 9. The molecule has 1 N–H and O–H groups in total. The van der Waals surface area contributed by atoms with Gasteiger partial charge in [0.2, 0.25) is 0 Å². The van der Waals surface area contributed by atoms with Crippen LogP contribution in [0.15, 0.2) is 22.8 Å². The molecule has 98 valence electrons. The molecule has 0 unspecified atom stereocenters. The third kappa shape index (κ3) is 5.37. The molecule has 0 aromatic carbocycles. The Morgan fingerprint density at radius 2 is 2.06 bits per heavy atom. The van der Waals surface area contributed by atoms with Gasteiger partial charge in [0.05, 0.1) is 12.8 Å². The van der Waals surface area contributed by atoms with Crippen molar-refractivity contribution in [2.45, 2.75) is 46.2 Å². The van der Waals surface area contributed by atoms with Crippen molar-refractivity contribution in [2.24, 2.45) is 0 Å². The second-order valence-corrected chi connectivity index (χ2v) is 4.42. The Labute approximate surface area is 105 Å². The minimum atomic E-state index is 0.664. The lowest BCUT2D eigenvalue weighted by molar-refractivity contribution is 0.251. The molecule has 1 rings (SSSR count). The van der Waals surface area contributed by atoms with Crippen molar-refractivity contribution >= 4 is 0 Å². The molecule has 0 amide bonds. The second kappa shape index (κ2) is 8.31. The van der Waals surface area contributed by atoms with E-state index in [1.165, 1.54) is 12.8 Å². The molecule has 17 heavy (non-hydrogen) atoms. The molecule has 1 heterocycles. The van der Waals surface area contributed by atoms with Gasteiger partial charge in [-0.2, -0.15) is 0 Å². The minimum absolute atomic E-state index is 0.664. The van der Waals surface area contributed by atoms with Crippen LogP contribution in [-0.4, -0.2) is 30.6 Å². The Balaban J connectivity index is 2.23. The first-order chi connectivity index (χ1) is 8.30. The van der Waals surface area contributed by atoms with Crippen molar-refractivity contribution in [1.82, 2.24) is 10.2 Å². The monoisotopic (exact) mass is 238 g/mol. The first-order valence-corrected chi connectivity index (χ1v) is 6.78. The predicted molar refractivity (Wildman–Crippen MR) is 72.0 cm³/mol. The van der Waals surface area contributed by atoms with Crippen molar-refractivity contribution < 1.29 is 4.42 Å². The lowest BCUT2D eigenvalue weighted by Gasteiger charge is -2.21. The number of furan rings is 1. The van der Waals surface area contributed by atoms with E-state index in [4.69, 9.17) is 4.42 Å². The van der Waals surface area contributed by atoms with Crippen molar-refractivity contribution in [3.63, 3.8) is 0 Å². The highest BCUT2D eigenvalue weighted by molar-refractivity contribution is 4.97. The zero-order valence-electron chi connectivity index (χ0n) is 11.4. The Bertz CT molecular complexity index is 268. The number of nitrogens with zero attached hydrogens (tertiary/aromatic N) is 1. The molecule has 3 nitrogen and oxygen atoms in total. The molecular weight excluding hydrogens is 212 g/mol. The summed E-state index contributed by atoms with van der Waals surface area (Å²) in [5.41, 5.74) is 0. The molecule has 0 saturated heterocycles. The quantitative estimate of drug-likeness (QED) is 0.717. The van der Waals surface area contributed by atoms with E-state index in [1.54, 1.807) is 6.26 Å². The number of nitrogens with one attached hydrogen (secondary N) is 1. The van der Waals surface area contributed by atoms with Crippen LogP contribution in [-0.2, 0) is 6.54 Å². The molecule has 0 atom stereocenters. The van der Waals surface area contributed by atoms with E-state index in [0.29, 0.717) is 6.04 Å². The first kappa shape index (κ1) is 14.3. The largest absolute Gasteiger partial charge is 0.468 e. The number of hydrogen-bond donors (Lipinski definition) is 1. The lowest BCUT2D eigenvalue weighted by Crippen LogP contribution is -2.36. The molecule has 0 aliphatic carbocycles. The van der Waals surface area contributed by atoms with E-state index in [2.05, 4.69) is 31.0 Å². The molecule has 0 aliphatic heterocycles. The van der Waals surface area contributed by atoms with Crippen molar-refractivity contribution in [3.05, 3.63) is 24.2 Å². The molecule has 0 saturated carbocycles. The van der Waals surface area contributed by atoms with Crippen molar-refractivity contribution in [1.29, 1.82) is 0 Å². The summed E-state index contributed by atoms with van der Waals surface area (Å²) in [7, 11) is 0. The summed E-state index contributed by atoms with van der Waals surface area (Å²) in [5, 5.41) is 3.59. The molecule has 0 radical (unpaired) electrons. The molecule has 0 spiro atoms. The van der Waals surface area contributed by atoms with Gasteiger partial charge in [0.1, 0.15) is 5.76 Å². The van der Waals surface area contributed by atoms with E-state index in [9.17, 15) is 0 Å². The standard InChI is InChI=1S/C14H26N2O/c1-4-13(5-2)15-9-10-16(6-3)12-14-8-7-11-17-14/h7-8,11,13,15H,4-6,9-10,12H2,1-3H3. The van der Waals surface area contributed by atoms with E-state index in [1.807, 2.05) is 12.1 Å². The average molecular weight is 238 g/mol. The molecule has 0 aliphatic rings. The highest BCUT2D eigenvalue weighted by atomic mass is 16.3. The van der Waals surface area contributed by atoms with Gasteiger partial charge < -0.3 is 9.73 Å². The van der Waals surface area contributed by atoms with E-state index in [-0.39, 0.29) is 0 Å². The molecular formula is C14H26N2O. The van der Waals surface area contributed by atoms with E-state index < -0.39 is 0 Å². The highest BCUT2D eigenvalue weighted by Gasteiger charge is 2.07. The number of hydrogen-bond acceptors (Lipinski definition) is 3. The maximum atomic E-state index is 5.37. The smallest absolute Gasteiger partial charge is 0.117 e. The second-order valence-electron chi connectivity index (χ2n) is 4.42. The van der Waals surface area contributed by atoms with Gasteiger partial charge in [0.25, 0.3) is 0 Å². The van der Waals surface area contributed by atoms with E-state index >= 15 is 0 Å². The molecule has 1 aromatic rings. The van der Waals surface area contributed by atoms with Gasteiger partial charge >= 0.3 is 0 Å². The summed E-state index contributed by atoms with van der Waals surface area (Å²) in [6.45, 7) is 10.8. The fraction of sp³-hybridized carbons (Fsp3) is 0.714. The van der Waals surface area contributed by atoms with Crippen LogP contribution in [0.5, 0.6) is 0 Å². The van der Waals surface area contributed by atoms with Crippen LogP contribution in [0.1, 0.15) is 39.4 Å². The Hall–Kier alpha value is -0.800. The van der Waals surface area contributed by atoms with Gasteiger partial charge in [-0.3, -0.25) is 4.90 Å². The summed E-state index contributed by atoms with van der Waals surface area (Å²) in [6.07, 6.45) is 4.16. The van der Waals surface area contributed by atoms with Gasteiger partial charge in [-0.05, 0) is 31.5 Å². The predicted octanol–water partition coefficient (Wildman–Crippen LogP) is 2.88. The molecule has 1 aromatic heterocycles. The lowest BCUT2D eigenvalue weighted by atomic mass is 10.2. The Morgan fingerprint density at radius 3 is 2.59 bits per heavy atom. The van der Waals surface area contributed by atoms with Crippen LogP contribution in [0.2, 0.25) is 0 Å². The molecule has 0 bridgehead atoms. The SMILES string of the molecule is CCC(CC)NCCN(CC)Cc1ccco1. The van der Waals surface area contributed by atoms with Crippen LogP contribution in [0.3, 0.4) is 0 Å². The summed E-state index contributed by atoms with van der Waals surface area (Å²) < 4.78 is 5.37. The fourth-order valence-corrected chi connectivity index (χ4v) is 1.98. The van der Waals surface area contributed by atoms with Gasteiger partial charge in [-0.1, -0.05) is 20.8 Å². The maximum Gasteiger partial charge on any atom is 0.117 e. The van der Waals surface area contributed by atoms with Gasteiger partial charge in [0.15, 0.2) is 0 Å². The van der Waals surface area contributed by atoms with Crippen LogP contribution in [0.25, 0.3) is 0 Å². The number of likely N-dealkylation sites (N-methyl/N-ethyl adjacent to an activating group) is 1. The summed E-state index contributed by atoms with van der Waals surface area (Å²) in [6, 6.07) is 4.65. The average Bonchev–Trinajstić information content (AvgIpc) is 2.86. The van der Waals surface area contributed by atoms with Gasteiger partial charge in [0, 0.05) is 19.1 Å². The van der Waals surface area contributed by atoms with Crippen LogP contribution in [0, 0.1) is 0 Å². The maximum absolute atomic E-state index is 5.37. The molecule has 0 fully saturated rings. The molecule has 3 heteroatoms.